The maximum absolute atomic E-state index is 5.89. The summed E-state index contributed by atoms with van der Waals surface area (Å²) < 4.78 is 5.89. The average molecular weight is 273 g/mol. The van der Waals surface area contributed by atoms with E-state index in [0.717, 1.165) is 34.6 Å². The first-order chi connectivity index (χ1) is 9.52. The molecule has 20 heavy (non-hydrogen) atoms. The van der Waals surface area contributed by atoms with Crippen LogP contribution in [0, 0.1) is 0 Å². The van der Waals surface area contributed by atoms with Crippen LogP contribution in [-0.2, 0) is 6.54 Å². The van der Waals surface area contributed by atoms with Crippen molar-refractivity contribution in [3.05, 3.63) is 30.0 Å². The summed E-state index contributed by atoms with van der Waals surface area (Å²) >= 11 is 0. The summed E-state index contributed by atoms with van der Waals surface area (Å²) in [5.41, 5.74) is 3.11. The number of para-hydroxylation sites is 1. The molecule has 1 heterocycles. The van der Waals surface area contributed by atoms with Gasteiger partial charge >= 0.3 is 0 Å². The third kappa shape index (κ3) is 3.02. The molecule has 2 aromatic rings. The highest BCUT2D eigenvalue weighted by atomic mass is 16.5. The molecule has 1 aromatic heterocycles. The molecule has 0 spiro atoms. The molecule has 0 bridgehead atoms. The zero-order valence-electron chi connectivity index (χ0n) is 12.9. The van der Waals surface area contributed by atoms with Crippen LogP contribution in [0.25, 0.3) is 10.9 Å². The number of benzene rings is 1. The Labute approximate surface area is 120 Å². The quantitative estimate of drug-likeness (QED) is 0.909. The molecule has 0 amide bonds. The van der Waals surface area contributed by atoms with E-state index in [1.807, 2.05) is 47.1 Å². The zero-order valence-corrected chi connectivity index (χ0v) is 12.9. The Morgan fingerprint density at radius 3 is 2.65 bits per heavy atom. The van der Waals surface area contributed by atoms with Crippen LogP contribution in [-0.4, -0.2) is 32.2 Å². The van der Waals surface area contributed by atoms with E-state index in [9.17, 15) is 0 Å². The number of nitrogens with one attached hydrogen (secondary N) is 1. The van der Waals surface area contributed by atoms with Gasteiger partial charge in [-0.25, -0.2) is 4.98 Å². The molecule has 0 saturated heterocycles. The Hall–Kier alpha value is -1.81. The third-order valence-corrected chi connectivity index (χ3v) is 3.04. The zero-order chi connectivity index (χ0) is 14.7. The predicted molar refractivity (Wildman–Crippen MR) is 84.6 cm³/mol. The van der Waals surface area contributed by atoms with Crippen LogP contribution in [0.4, 0.5) is 5.69 Å². The lowest BCUT2D eigenvalue weighted by Crippen LogP contribution is -2.13. The molecule has 4 nitrogen and oxygen atoms in total. The summed E-state index contributed by atoms with van der Waals surface area (Å²) in [4.78, 5) is 6.86. The summed E-state index contributed by atoms with van der Waals surface area (Å²) in [5, 5.41) is 4.27. The van der Waals surface area contributed by atoms with Crippen molar-refractivity contribution in [3.63, 3.8) is 0 Å². The van der Waals surface area contributed by atoms with Gasteiger partial charge in [-0.3, -0.25) is 0 Å². The van der Waals surface area contributed by atoms with Crippen molar-refractivity contribution in [3.8, 4) is 5.75 Å². The van der Waals surface area contributed by atoms with E-state index in [4.69, 9.17) is 9.72 Å². The molecular formula is C16H23N3O. The Morgan fingerprint density at radius 2 is 2.05 bits per heavy atom. The molecule has 0 unspecified atom stereocenters. The highest BCUT2D eigenvalue weighted by molar-refractivity contribution is 5.95. The van der Waals surface area contributed by atoms with Gasteiger partial charge in [-0.1, -0.05) is 12.1 Å². The van der Waals surface area contributed by atoms with Crippen molar-refractivity contribution in [2.75, 3.05) is 26.0 Å². The summed E-state index contributed by atoms with van der Waals surface area (Å²) in [6.07, 6.45) is 0.137. The Kier molecular flexibility index (Phi) is 4.45. The highest BCUT2D eigenvalue weighted by Crippen LogP contribution is 2.31. The van der Waals surface area contributed by atoms with Gasteiger partial charge in [-0.15, -0.1) is 0 Å². The van der Waals surface area contributed by atoms with Crippen LogP contribution in [0.3, 0.4) is 0 Å². The lowest BCUT2D eigenvalue weighted by atomic mass is 10.1. The Morgan fingerprint density at radius 1 is 1.30 bits per heavy atom. The number of pyridine rings is 1. The van der Waals surface area contributed by atoms with Gasteiger partial charge in [0, 0.05) is 31.7 Å². The largest absolute Gasteiger partial charge is 0.489 e. The van der Waals surface area contributed by atoms with E-state index >= 15 is 0 Å². The van der Waals surface area contributed by atoms with Gasteiger partial charge in [0.15, 0.2) is 0 Å². The van der Waals surface area contributed by atoms with Crippen LogP contribution in [0.15, 0.2) is 24.3 Å². The third-order valence-electron chi connectivity index (χ3n) is 3.04. The van der Waals surface area contributed by atoms with Crippen molar-refractivity contribution in [2.24, 2.45) is 0 Å². The summed E-state index contributed by atoms with van der Waals surface area (Å²) in [7, 11) is 6.03. The number of ether oxygens (including phenoxy) is 1. The minimum absolute atomic E-state index is 0.137. The number of fused-ring (bicyclic) bond motifs is 1. The van der Waals surface area contributed by atoms with Crippen LogP contribution < -0.4 is 15.0 Å². The number of hydrogen-bond acceptors (Lipinski definition) is 4. The van der Waals surface area contributed by atoms with E-state index in [2.05, 4.69) is 22.3 Å². The second-order valence-electron chi connectivity index (χ2n) is 5.38. The second kappa shape index (κ2) is 6.09. The molecule has 0 radical (unpaired) electrons. The highest BCUT2D eigenvalue weighted by Gasteiger charge is 2.12. The van der Waals surface area contributed by atoms with Gasteiger partial charge in [0.2, 0.25) is 0 Å². The molecule has 0 atom stereocenters. The number of rotatable bonds is 5. The maximum atomic E-state index is 5.89. The van der Waals surface area contributed by atoms with Crippen molar-refractivity contribution in [1.29, 1.82) is 0 Å². The Balaban J connectivity index is 2.65. The SMILES string of the molecule is CNCc1cc(N(C)C)c2cccc(OC(C)C)c2n1. The van der Waals surface area contributed by atoms with E-state index < -0.39 is 0 Å². The summed E-state index contributed by atoms with van der Waals surface area (Å²) in [6.45, 7) is 4.80. The molecule has 0 aliphatic carbocycles. The first kappa shape index (κ1) is 14.6. The first-order valence-corrected chi connectivity index (χ1v) is 6.94. The van der Waals surface area contributed by atoms with Crippen molar-refractivity contribution in [1.82, 2.24) is 10.3 Å². The molecular weight excluding hydrogens is 250 g/mol. The minimum Gasteiger partial charge on any atom is -0.489 e. The van der Waals surface area contributed by atoms with Crippen molar-refractivity contribution in [2.45, 2.75) is 26.5 Å². The lowest BCUT2D eigenvalue weighted by Gasteiger charge is -2.19. The normalized spacial score (nSPS) is 11.1. The number of aromatic nitrogens is 1. The van der Waals surface area contributed by atoms with E-state index in [1.165, 1.54) is 0 Å². The molecule has 108 valence electrons. The number of anilines is 1. The first-order valence-electron chi connectivity index (χ1n) is 6.94. The smallest absolute Gasteiger partial charge is 0.145 e. The maximum Gasteiger partial charge on any atom is 0.145 e. The molecule has 1 aromatic carbocycles. The van der Waals surface area contributed by atoms with Crippen molar-refractivity contribution >= 4 is 16.6 Å². The molecule has 0 saturated carbocycles. The fourth-order valence-corrected chi connectivity index (χ4v) is 2.25. The van der Waals surface area contributed by atoms with Gasteiger partial charge in [0.05, 0.1) is 11.8 Å². The average Bonchev–Trinajstić information content (AvgIpc) is 2.38. The van der Waals surface area contributed by atoms with Gasteiger partial charge in [-0.2, -0.15) is 0 Å². The molecule has 4 heteroatoms. The van der Waals surface area contributed by atoms with E-state index in [0.29, 0.717) is 0 Å². The van der Waals surface area contributed by atoms with Crippen LogP contribution in [0.5, 0.6) is 5.75 Å². The topological polar surface area (TPSA) is 37.4 Å². The lowest BCUT2D eigenvalue weighted by molar-refractivity contribution is 0.245. The minimum atomic E-state index is 0.137. The monoisotopic (exact) mass is 273 g/mol. The predicted octanol–water partition coefficient (Wildman–Crippen LogP) is 2.81. The van der Waals surface area contributed by atoms with E-state index in [1.54, 1.807) is 0 Å². The summed E-state index contributed by atoms with van der Waals surface area (Å²) in [6, 6.07) is 8.22. The summed E-state index contributed by atoms with van der Waals surface area (Å²) in [5.74, 6) is 0.846. The standard InChI is InChI=1S/C16H23N3O/c1-11(2)20-15-8-6-7-13-14(19(4)5)9-12(10-17-3)18-16(13)15/h6-9,11,17H,10H2,1-5H3. The Bertz CT molecular complexity index is 594. The van der Waals surface area contributed by atoms with Crippen LogP contribution in [0.1, 0.15) is 19.5 Å². The van der Waals surface area contributed by atoms with Gasteiger partial charge in [-0.05, 0) is 33.0 Å². The number of hydrogen-bond donors (Lipinski definition) is 1. The van der Waals surface area contributed by atoms with Gasteiger partial charge in [0.25, 0.3) is 0 Å². The number of nitrogens with zero attached hydrogens (tertiary/aromatic N) is 2. The molecule has 1 N–H and O–H groups in total. The van der Waals surface area contributed by atoms with Crippen LogP contribution >= 0.6 is 0 Å². The second-order valence-corrected chi connectivity index (χ2v) is 5.38. The fourth-order valence-electron chi connectivity index (χ4n) is 2.25. The van der Waals surface area contributed by atoms with Gasteiger partial charge < -0.3 is 15.0 Å². The van der Waals surface area contributed by atoms with Crippen LogP contribution in [0.2, 0.25) is 0 Å². The molecule has 2 rings (SSSR count). The molecule has 0 aliphatic rings. The molecule has 0 aliphatic heterocycles. The fraction of sp³-hybridized carbons (Fsp3) is 0.438. The van der Waals surface area contributed by atoms with Gasteiger partial charge in [0.1, 0.15) is 11.3 Å². The van der Waals surface area contributed by atoms with E-state index in [-0.39, 0.29) is 6.10 Å². The van der Waals surface area contributed by atoms with Crippen molar-refractivity contribution < 1.29 is 4.74 Å². The molecule has 0 fully saturated rings.